The van der Waals surface area contributed by atoms with Crippen LogP contribution in [0.4, 0.5) is 5.69 Å². The summed E-state index contributed by atoms with van der Waals surface area (Å²) in [5.74, 6) is -1.03. The Hall–Kier alpha value is -2.63. The number of benzene rings is 1. The zero-order valence-electron chi connectivity index (χ0n) is 15.8. The van der Waals surface area contributed by atoms with E-state index in [2.05, 4.69) is 22.0 Å². The second kappa shape index (κ2) is 6.51. The van der Waals surface area contributed by atoms with Gasteiger partial charge in [0.2, 0.25) is 5.91 Å². The summed E-state index contributed by atoms with van der Waals surface area (Å²) in [4.78, 5) is 32.1. The van der Waals surface area contributed by atoms with E-state index in [0.717, 1.165) is 42.5 Å². The fourth-order valence-corrected chi connectivity index (χ4v) is 4.74. The van der Waals surface area contributed by atoms with Crippen molar-refractivity contribution in [3.8, 4) is 0 Å². The molecule has 2 fully saturated rings. The number of pyridine rings is 1. The Bertz CT molecular complexity index is 879. The smallest absolute Gasteiger partial charge is 0.326 e. The van der Waals surface area contributed by atoms with Gasteiger partial charge in [0, 0.05) is 43.3 Å². The van der Waals surface area contributed by atoms with Crippen molar-refractivity contribution < 1.29 is 14.7 Å². The minimum Gasteiger partial charge on any atom is -0.480 e. The van der Waals surface area contributed by atoms with Crippen LogP contribution in [0.15, 0.2) is 30.3 Å². The molecule has 0 aliphatic carbocycles. The van der Waals surface area contributed by atoms with E-state index in [0.29, 0.717) is 13.0 Å². The Labute approximate surface area is 158 Å². The number of aryl methyl sites for hydroxylation is 1. The zero-order chi connectivity index (χ0) is 19.2. The maximum Gasteiger partial charge on any atom is 0.326 e. The quantitative estimate of drug-likeness (QED) is 0.884. The van der Waals surface area contributed by atoms with Crippen molar-refractivity contribution in [2.45, 2.75) is 39.2 Å². The number of carboxylic acid groups (broad SMARTS) is 1. The lowest BCUT2D eigenvalue weighted by atomic mass is 9.76. The Balaban J connectivity index is 1.57. The Kier molecular flexibility index (Phi) is 4.29. The van der Waals surface area contributed by atoms with Crippen molar-refractivity contribution in [2.24, 2.45) is 5.41 Å². The van der Waals surface area contributed by atoms with Gasteiger partial charge in [-0.05, 0) is 43.7 Å². The maximum absolute atomic E-state index is 11.9. The molecule has 0 radical (unpaired) electrons. The number of likely N-dealkylation sites (tertiary alicyclic amines) is 1. The highest BCUT2D eigenvalue weighted by molar-refractivity contribution is 5.92. The van der Waals surface area contributed by atoms with Crippen molar-refractivity contribution in [3.05, 3.63) is 36.0 Å². The highest BCUT2D eigenvalue weighted by atomic mass is 16.4. The van der Waals surface area contributed by atoms with Crippen LogP contribution < -0.4 is 4.90 Å². The summed E-state index contributed by atoms with van der Waals surface area (Å²) in [6, 6.07) is 9.64. The summed E-state index contributed by atoms with van der Waals surface area (Å²) < 4.78 is 0. The van der Waals surface area contributed by atoms with E-state index in [9.17, 15) is 14.7 Å². The third-order valence-electron chi connectivity index (χ3n) is 6.19. The molecule has 2 aliphatic rings. The first-order valence-electron chi connectivity index (χ1n) is 9.50. The molecule has 1 atom stereocenters. The number of hydrogen-bond donors (Lipinski definition) is 1. The zero-order valence-corrected chi connectivity index (χ0v) is 15.8. The molecular formula is C21H25N3O3. The number of para-hydroxylation sites is 1. The molecule has 0 bridgehead atoms. The molecule has 6 heteroatoms. The van der Waals surface area contributed by atoms with Crippen LogP contribution in [0.5, 0.6) is 0 Å². The maximum atomic E-state index is 11.9. The Morgan fingerprint density at radius 1 is 1.22 bits per heavy atom. The molecule has 4 rings (SSSR count). The molecule has 2 aliphatic heterocycles. The number of hydrogen-bond acceptors (Lipinski definition) is 4. The van der Waals surface area contributed by atoms with Crippen LogP contribution in [0.2, 0.25) is 0 Å². The number of amides is 1. The molecule has 1 spiro atoms. The van der Waals surface area contributed by atoms with E-state index in [4.69, 9.17) is 0 Å². The third-order valence-corrected chi connectivity index (χ3v) is 6.19. The molecule has 2 aromatic rings. The summed E-state index contributed by atoms with van der Waals surface area (Å²) in [5, 5.41) is 10.7. The van der Waals surface area contributed by atoms with Crippen molar-refractivity contribution in [1.29, 1.82) is 0 Å². The minimum atomic E-state index is -0.889. The summed E-state index contributed by atoms with van der Waals surface area (Å²) in [6.45, 7) is 5.77. The molecule has 142 valence electrons. The Morgan fingerprint density at radius 3 is 2.56 bits per heavy atom. The lowest BCUT2D eigenvalue weighted by molar-refractivity contribution is -0.147. The normalized spacial score (nSPS) is 21.8. The molecule has 1 amide bonds. The standard InChI is InChI=1S/C21H25N3O3/c1-14-11-18(16-5-3-4-6-17(16)22-14)23-9-7-21(8-10-23)12-19(20(26)27)24(13-21)15(2)25/h3-6,11,19H,7-10,12-13H2,1-2H3,(H,26,27)/t19-/m0/s1. The van der Waals surface area contributed by atoms with E-state index in [1.54, 1.807) is 4.90 Å². The second-order valence-electron chi connectivity index (χ2n) is 7.99. The highest BCUT2D eigenvalue weighted by Gasteiger charge is 2.49. The van der Waals surface area contributed by atoms with Crippen LogP contribution in [-0.2, 0) is 9.59 Å². The fourth-order valence-electron chi connectivity index (χ4n) is 4.74. The molecule has 2 saturated heterocycles. The van der Waals surface area contributed by atoms with E-state index < -0.39 is 12.0 Å². The SMILES string of the molecule is CC(=O)N1CC2(CCN(c3cc(C)nc4ccccc34)CC2)C[C@H]1C(=O)O. The van der Waals surface area contributed by atoms with Gasteiger partial charge in [-0.3, -0.25) is 9.78 Å². The first-order valence-corrected chi connectivity index (χ1v) is 9.50. The summed E-state index contributed by atoms with van der Waals surface area (Å²) >= 11 is 0. The summed E-state index contributed by atoms with van der Waals surface area (Å²) in [5.41, 5.74) is 3.12. The van der Waals surface area contributed by atoms with Crippen LogP contribution in [0.1, 0.15) is 31.9 Å². The number of fused-ring (bicyclic) bond motifs is 1. The number of anilines is 1. The van der Waals surface area contributed by atoms with Crippen molar-refractivity contribution in [3.63, 3.8) is 0 Å². The van der Waals surface area contributed by atoms with Gasteiger partial charge in [0.25, 0.3) is 0 Å². The number of carbonyl (C=O) groups excluding carboxylic acids is 1. The van der Waals surface area contributed by atoms with Gasteiger partial charge >= 0.3 is 5.97 Å². The fraction of sp³-hybridized carbons (Fsp3) is 0.476. The van der Waals surface area contributed by atoms with Crippen LogP contribution in [0, 0.1) is 12.3 Å². The molecule has 27 heavy (non-hydrogen) atoms. The lowest BCUT2D eigenvalue weighted by Crippen LogP contribution is -2.42. The predicted octanol–water partition coefficient (Wildman–Crippen LogP) is 2.84. The van der Waals surface area contributed by atoms with Gasteiger partial charge in [-0.1, -0.05) is 18.2 Å². The first kappa shape index (κ1) is 17.8. The number of piperidine rings is 1. The largest absolute Gasteiger partial charge is 0.480 e. The van der Waals surface area contributed by atoms with Crippen LogP contribution >= 0.6 is 0 Å². The van der Waals surface area contributed by atoms with Gasteiger partial charge in [0.15, 0.2) is 0 Å². The number of nitrogens with zero attached hydrogens (tertiary/aromatic N) is 3. The van der Waals surface area contributed by atoms with Crippen molar-refractivity contribution >= 4 is 28.5 Å². The van der Waals surface area contributed by atoms with Crippen LogP contribution in [0.25, 0.3) is 10.9 Å². The lowest BCUT2D eigenvalue weighted by Gasteiger charge is -2.40. The molecule has 6 nitrogen and oxygen atoms in total. The van der Waals surface area contributed by atoms with E-state index in [1.165, 1.54) is 12.6 Å². The topological polar surface area (TPSA) is 73.7 Å². The number of carboxylic acids is 1. The molecule has 3 heterocycles. The van der Waals surface area contributed by atoms with Gasteiger partial charge in [-0.15, -0.1) is 0 Å². The van der Waals surface area contributed by atoms with Crippen LogP contribution in [-0.4, -0.2) is 52.5 Å². The van der Waals surface area contributed by atoms with Gasteiger partial charge in [0.1, 0.15) is 6.04 Å². The molecule has 0 unspecified atom stereocenters. The van der Waals surface area contributed by atoms with Crippen molar-refractivity contribution in [1.82, 2.24) is 9.88 Å². The third kappa shape index (κ3) is 3.13. The predicted molar refractivity (Wildman–Crippen MR) is 104 cm³/mol. The Morgan fingerprint density at radius 2 is 1.93 bits per heavy atom. The second-order valence-corrected chi connectivity index (χ2v) is 7.99. The average molecular weight is 367 g/mol. The molecule has 1 aromatic heterocycles. The average Bonchev–Trinajstić information content (AvgIpc) is 3.02. The number of rotatable bonds is 2. The van der Waals surface area contributed by atoms with E-state index in [1.807, 2.05) is 25.1 Å². The van der Waals surface area contributed by atoms with Crippen molar-refractivity contribution in [2.75, 3.05) is 24.5 Å². The van der Waals surface area contributed by atoms with E-state index >= 15 is 0 Å². The van der Waals surface area contributed by atoms with Crippen LogP contribution in [0.3, 0.4) is 0 Å². The monoisotopic (exact) mass is 367 g/mol. The molecule has 0 saturated carbocycles. The first-order chi connectivity index (χ1) is 12.9. The molecule has 1 N–H and O–H groups in total. The van der Waals surface area contributed by atoms with E-state index in [-0.39, 0.29) is 11.3 Å². The van der Waals surface area contributed by atoms with Gasteiger partial charge in [0.05, 0.1) is 5.52 Å². The number of aromatic nitrogens is 1. The van der Waals surface area contributed by atoms with Gasteiger partial charge in [-0.2, -0.15) is 0 Å². The number of carbonyl (C=O) groups is 2. The van der Waals surface area contributed by atoms with Gasteiger partial charge < -0.3 is 14.9 Å². The molecule has 1 aromatic carbocycles. The summed E-state index contributed by atoms with van der Waals surface area (Å²) in [6.07, 6.45) is 2.36. The number of aliphatic carboxylic acids is 1. The highest BCUT2D eigenvalue weighted by Crippen LogP contribution is 2.44. The van der Waals surface area contributed by atoms with Gasteiger partial charge in [-0.25, -0.2) is 4.79 Å². The molecular weight excluding hydrogens is 342 g/mol. The summed E-state index contributed by atoms with van der Waals surface area (Å²) in [7, 11) is 0. The minimum absolute atomic E-state index is 0.0803.